The number of aliphatic hydroxyl groups is 1. The van der Waals surface area contributed by atoms with Crippen molar-refractivity contribution in [2.45, 2.75) is 46.2 Å². The smallest absolute Gasteiger partial charge is 0.161 e. The normalized spacial score (nSPS) is 16.4. The molecule has 0 aromatic heterocycles. The highest BCUT2D eigenvalue weighted by atomic mass is 16.5. The molecule has 1 heterocycles. The van der Waals surface area contributed by atoms with Crippen LogP contribution in [0.4, 0.5) is 0 Å². The third kappa shape index (κ3) is 4.61. The van der Waals surface area contributed by atoms with Crippen molar-refractivity contribution >= 4 is 0 Å². The standard InChI is InChI=1S/C17H27NO3/c1-17(2,3)16(7-8-19)18-12-13-5-6-14-15(11-13)21-10-4-9-20-14/h5-6,11,16,18-19H,4,7-10,12H2,1-3H3. The topological polar surface area (TPSA) is 50.7 Å². The van der Waals surface area contributed by atoms with Gasteiger partial charge in [-0.05, 0) is 29.5 Å². The molecular formula is C17H27NO3. The first-order valence-corrected chi connectivity index (χ1v) is 7.73. The van der Waals surface area contributed by atoms with Crippen molar-refractivity contribution in [2.24, 2.45) is 5.41 Å². The highest BCUT2D eigenvalue weighted by molar-refractivity contribution is 5.43. The SMILES string of the molecule is CC(C)(C)C(CCO)NCc1ccc2c(c1)OCCCO2. The number of aliphatic hydroxyl groups excluding tert-OH is 1. The lowest BCUT2D eigenvalue weighted by Crippen LogP contribution is -2.40. The number of rotatable bonds is 5. The summed E-state index contributed by atoms with van der Waals surface area (Å²) in [5.74, 6) is 1.67. The number of hydrogen-bond acceptors (Lipinski definition) is 4. The summed E-state index contributed by atoms with van der Waals surface area (Å²) in [5.41, 5.74) is 1.29. The first kappa shape index (κ1) is 16.1. The Labute approximate surface area is 127 Å². The molecule has 0 radical (unpaired) electrons. The minimum atomic E-state index is 0.119. The van der Waals surface area contributed by atoms with Gasteiger partial charge in [0.15, 0.2) is 11.5 Å². The van der Waals surface area contributed by atoms with E-state index in [-0.39, 0.29) is 18.1 Å². The summed E-state index contributed by atoms with van der Waals surface area (Å²) < 4.78 is 11.4. The van der Waals surface area contributed by atoms with Crippen LogP contribution >= 0.6 is 0 Å². The van der Waals surface area contributed by atoms with Gasteiger partial charge >= 0.3 is 0 Å². The summed E-state index contributed by atoms with van der Waals surface area (Å²) in [5, 5.41) is 12.8. The highest BCUT2D eigenvalue weighted by Crippen LogP contribution is 2.30. The second-order valence-electron chi connectivity index (χ2n) is 6.64. The molecule has 1 aliphatic rings. The van der Waals surface area contributed by atoms with Crippen LogP contribution in [0.1, 0.15) is 39.2 Å². The molecule has 2 rings (SSSR count). The first-order chi connectivity index (χ1) is 10.0. The molecule has 0 fully saturated rings. The van der Waals surface area contributed by atoms with Gasteiger partial charge in [0, 0.05) is 25.6 Å². The lowest BCUT2D eigenvalue weighted by atomic mass is 9.85. The molecule has 1 atom stereocenters. The van der Waals surface area contributed by atoms with Crippen molar-refractivity contribution in [3.05, 3.63) is 23.8 Å². The summed E-state index contributed by atoms with van der Waals surface area (Å²) >= 11 is 0. The molecule has 0 aliphatic carbocycles. The molecular weight excluding hydrogens is 266 g/mol. The third-order valence-corrected chi connectivity index (χ3v) is 3.83. The summed E-state index contributed by atoms with van der Waals surface area (Å²) in [4.78, 5) is 0. The summed E-state index contributed by atoms with van der Waals surface area (Å²) in [6.45, 7) is 8.96. The summed E-state index contributed by atoms with van der Waals surface area (Å²) in [6, 6.07) is 6.37. The van der Waals surface area contributed by atoms with Gasteiger partial charge in [0.25, 0.3) is 0 Å². The van der Waals surface area contributed by atoms with Crippen LogP contribution in [0.3, 0.4) is 0 Å². The van der Waals surface area contributed by atoms with E-state index < -0.39 is 0 Å². The van der Waals surface area contributed by atoms with E-state index in [2.05, 4.69) is 32.2 Å². The number of hydrogen-bond donors (Lipinski definition) is 2. The molecule has 0 saturated heterocycles. The van der Waals surface area contributed by atoms with Crippen LogP contribution in [0, 0.1) is 5.41 Å². The van der Waals surface area contributed by atoms with E-state index >= 15 is 0 Å². The molecule has 0 bridgehead atoms. The van der Waals surface area contributed by atoms with E-state index in [0.717, 1.165) is 30.9 Å². The van der Waals surface area contributed by atoms with E-state index in [9.17, 15) is 5.11 Å². The van der Waals surface area contributed by atoms with Crippen molar-refractivity contribution in [3.8, 4) is 11.5 Å². The first-order valence-electron chi connectivity index (χ1n) is 7.73. The van der Waals surface area contributed by atoms with Crippen molar-refractivity contribution in [1.82, 2.24) is 5.32 Å². The molecule has 0 amide bonds. The van der Waals surface area contributed by atoms with Crippen LogP contribution < -0.4 is 14.8 Å². The molecule has 1 aromatic rings. The van der Waals surface area contributed by atoms with Crippen LogP contribution in [-0.4, -0.2) is 31.0 Å². The number of ether oxygens (including phenoxy) is 2. The van der Waals surface area contributed by atoms with Gasteiger partial charge in [-0.2, -0.15) is 0 Å². The van der Waals surface area contributed by atoms with E-state index in [1.165, 1.54) is 5.56 Å². The molecule has 0 saturated carbocycles. The van der Waals surface area contributed by atoms with Crippen molar-refractivity contribution in [2.75, 3.05) is 19.8 Å². The zero-order chi connectivity index (χ0) is 15.3. The van der Waals surface area contributed by atoms with Gasteiger partial charge in [-0.1, -0.05) is 26.8 Å². The zero-order valence-corrected chi connectivity index (χ0v) is 13.3. The fourth-order valence-electron chi connectivity index (χ4n) is 2.53. The molecule has 1 aromatic carbocycles. The average Bonchev–Trinajstić information content (AvgIpc) is 2.66. The lowest BCUT2D eigenvalue weighted by Gasteiger charge is -2.31. The van der Waals surface area contributed by atoms with Gasteiger partial charge in [-0.25, -0.2) is 0 Å². The largest absolute Gasteiger partial charge is 0.490 e. The molecule has 1 unspecified atom stereocenters. The van der Waals surface area contributed by atoms with Crippen LogP contribution in [0.25, 0.3) is 0 Å². The Morgan fingerprint density at radius 3 is 2.57 bits per heavy atom. The lowest BCUT2D eigenvalue weighted by molar-refractivity contribution is 0.196. The molecule has 0 spiro atoms. The van der Waals surface area contributed by atoms with Gasteiger partial charge < -0.3 is 19.9 Å². The maximum Gasteiger partial charge on any atom is 0.161 e. The second kappa shape index (κ2) is 7.14. The molecule has 4 nitrogen and oxygen atoms in total. The minimum Gasteiger partial charge on any atom is -0.490 e. The number of fused-ring (bicyclic) bond motifs is 1. The van der Waals surface area contributed by atoms with Crippen molar-refractivity contribution in [3.63, 3.8) is 0 Å². The van der Waals surface area contributed by atoms with E-state index in [1.54, 1.807) is 0 Å². The Kier molecular flexibility index (Phi) is 5.48. The molecule has 2 N–H and O–H groups in total. The third-order valence-electron chi connectivity index (χ3n) is 3.83. The van der Waals surface area contributed by atoms with Crippen LogP contribution in [0.2, 0.25) is 0 Å². The van der Waals surface area contributed by atoms with E-state index in [0.29, 0.717) is 13.2 Å². The number of nitrogens with one attached hydrogen (secondary N) is 1. The van der Waals surface area contributed by atoms with Crippen LogP contribution in [0.15, 0.2) is 18.2 Å². The zero-order valence-electron chi connectivity index (χ0n) is 13.3. The molecule has 21 heavy (non-hydrogen) atoms. The predicted molar refractivity (Wildman–Crippen MR) is 83.8 cm³/mol. The Hall–Kier alpha value is -1.26. The Morgan fingerprint density at radius 1 is 1.19 bits per heavy atom. The van der Waals surface area contributed by atoms with Crippen molar-refractivity contribution < 1.29 is 14.6 Å². The van der Waals surface area contributed by atoms with Gasteiger partial charge in [0.05, 0.1) is 13.2 Å². The van der Waals surface area contributed by atoms with Gasteiger partial charge in [-0.15, -0.1) is 0 Å². The monoisotopic (exact) mass is 293 g/mol. The maximum absolute atomic E-state index is 9.21. The fraction of sp³-hybridized carbons (Fsp3) is 0.647. The van der Waals surface area contributed by atoms with Gasteiger partial charge in [0.1, 0.15) is 0 Å². The van der Waals surface area contributed by atoms with Gasteiger partial charge in [0.2, 0.25) is 0 Å². The van der Waals surface area contributed by atoms with E-state index in [4.69, 9.17) is 9.47 Å². The van der Waals surface area contributed by atoms with Crippen LogP contribution in [-0.2, 0) is 6.54 Å². The average molecular weight is 293 g/mol. The predicted octanol–water partition coefficient (Wildman–Crippen LogP) is 2.73. The van der Waals surface area contributed by atoms with Crippen LogP contribution in [0.5, 0.6) is 11.5 Å². The highest BCUT2D eigenvalue weighted by Gasteiger charge is 2.23. The second-order valence-corrected chi connectivity index (χ2v) is 6.64. The van der Waals surface area contributed by atoms with Crippen molar-refractivity contribution in [1.29, 1.82) is 0 Å². The Bertz CT molecular complexity index is 454. The quantitative estimate of drug-likeness (QED) is 0.876. The molecule has 1 aliphatic heterocycles. The van der Waals surface area contributed by atoms with E-state index in [1.807, 2.05) is 12.1 Å². The summed E-state index contributed by atoms with van der Waals surface area (Å²) in [6.07, 6.45) is 1.68. The maximum atomic E-state index is 9.21. The molecule has 4 heteroatoms. The Balaban J connectivity index is 2.01. The Morgan fingerprint density at radius 2 is 1.90 bits per heavy atom. The minimum absolute atomic E-state index is 0.119. The fourth-order valence-corrected chi connectivity index (χ4v) is 2.53. The van der Waals surface area contributed by atoms with Gasteiger partial charge in [-0.3, -0.25) is 0 Å². The summed E-state index contributed by atoms with van der Waals surface area (Å²) in [7, 11) is 0. The number of benzene rings is 1. The molecule has 118 valence electrons.